The highest BCUT2D eigenvalue weighted by atomic mass is 32.1. The van der Waals surface area contributed by atoms with E-state index in [9.17, 15) is 4.79 Å². The Morgan fingerprint density at radius 2 is 2.00 bits per heavy atom. The summed E-state index contributed by atoms with van der Waals surface area (Å²) in [5, 5.41) is 2.88. The molecular formula is C11H21N3OS. The van der Waals surface area contributed by atoms with Crippen molar-refractivity contribution in [1.82, 2.24) is 10.2 Å². The highest BCUT2D eigenvalue weighted by Gasteiger charge is 2.30. The van der Waals surface area contributed by atoms with E-state index in [4.69, 9.17) is 18.0 Å². The lowest BCUT2D eigenvalue weighted by Gasteiger charge is -2.23. The fourth-order valence-electron chi connectivity index (χ4n) is 1.67. The molecule has 4 nitrogen and oxygen atoms in total. The first-order valence-corrected chi connectivity index (χ1v) is 6.16. The molecule has 0 unspecified atom stereocenters. The highest BCUT2D eigenvalue weighted by Crippen LogP contribution is 2.15. The molecule has 0 atom stereocenters. The summed E-state index contributed by atoms with van der Waals surface area (Å²) in [4.78, 5) is 14.4. The number of amides is 1. The molecule has 92 valence electrons. The topological polar surface area (TPSA) is 58.4 Å². The number of thiocarbonyl (C=S) groups is 1. The molecule has 5 heteroatoms. The second kappa shape index (κ2) is 5.59. The average Bonchev–Trinajstić information content (AvgIpc) is 2.70. The molecule has 0 bridgehead atoms. The Bertz CT molecular complexity index is 272. The summed E-state index contributed by atoms with van der Waals surface area (Å²) in [6.45, 7) is 7.38. The van der Waals surface area contributed by atoms with Gasteiger partial charge in [0.1, 0.15) is 0 Å². The van der Waals surface area contributed by atoms with Gasteiger partial charge in [-0.2, -0.15) is 0 Å². The van der Waals surface area contributed by atoms with Crippen molar-refractivity contribution in [3.63, 3.8) is 0 Å². The molecule has 1 amide bonds. The van der Waals surface area contributed by atoms with Gasteiger partial charge in [-0.25, -0.2) is 0 Å². The average molecular weight is 243 g/mol. The molecule has 0 radical (unpaired) electrons. The number of rotatable bonds is 5. The van der Waals surface area contributed by atoms with Crippen LogP contribution >= 0.6 is 12.2 Å². The molecule has 1 heterocycles. The number of carbonyl (C=O) groups excluding carboxylic acids is 1. The normalized spacial score (nSPS) is 17.4. The van der Waals surface area contributed by atoms with Crippen molar-refractivity contribution in [2.75, 3.05) is 26.2 Å². The minimum atomic E-state index is -0.750. The summed E-state index contributed by atoms with van der Waals surface area (Å²) < 4.78 is 0. The molecule has 0 spiro atoms. The lowest BCUT2D eigenvalue weighted by atomic mass is 9.92. The molecule has 0 aromatic rings. The van der Waals surface area contributed by atoms with Crippen molar-refractivity contribution in [1.29, 1.82) is 0 Å². The quantitative estimate of drug-likeness (QED) is 0.691. The Morgan fingerprint density at radius 3 is 2.50 bits per heavy atom. The van der Waals surface area contributed by atoms with Crippen molar-refractivity contribution in [2.24, 2.45) is 11.1 Å². The Labute approximate surface area is 103 Å². The third-order valence-electron chi connectivity index (χ3n) is 3.10. The van der Waals surface area contributed by atoms with E-state index < -0.39 is 5.41 Å². The molecule has 1 rings (SSSR count). The first kappa shape index (κ1) is 13.4. The second-order valence-corrected chi connectivity index (χ2v) is 5.23. The van der Waals surface area contributed by atoms with Crippen LogP contribution in [-0.4, -0.2) is 42.0 Å². The Morgan fingerprint density at radius 1 is 1.44 bits per heavy atom. The van der Waals surface area contributed by atoms with Gasteiger partial charge < -0.3 is 16.0 Å². The fraction of sp³-hybridized carbons (Fsp3) is 0.818. The zero-order valence-corrected chi connectivity index (χ0v) is 10.9. The van der Waals surface area contributed by atoms with Crippen LogP contribution in [0.5, 0.6) is 0 Å². The van der Waals surface area contributed by atoms with Crippen LogP contribution in [0, 0.1) is 5.41 Å². The maximum absolute atomic E-state index is 11.8. The Balaban J connectivity index is 2.26. The van der Waals surface area contributed by atoms with Crippen LogP contribution in [0.3, 0.4) is 0 Å². The van der Waals surface area contributed by atoms with Crippen molar-refractivity contribution in [3.05, 3.63) is 0 Å². The lowest BCUT2D eigenvalue weighted by Crippen LogP contribution is -2.46. The maximum atomic E-state index is 11.8. The van der Waals surface area contributed by atoms with Gasteiger partial charge in [-0.3, -0.25) is 4.79 Å². The van der Waals surface area contributed by atoms with Gasteiger partial charge in [-0.1, -0.05) is 12.2 Å². The zero-order valence-electron chi connectivity index (χ0n) is 10.1. The molecule has 0 saturated carbocycles. The summed E-state index contributed by atoms with van der Waals surface area (Å²) in [5.74, 6) is -0.0841. The van der Waals surface area contributed by atoms with Crippen molar-refractivity contribution in [3.8, 4) is 0 Å². The standard InChI is InChI=1S/C11H21N3OS/c1-11(2,9(12)16)10(15)13-5-8-14-6-3-4-7-14/h3-8H2,1-2H3,(H2,12,16)(H,13,15). The summed E-state index contributed by atoms with van der Waals surface area (Å²) in [6, 6.07) is 0. The van der Waals surface area contributed by atoms with E-state index in [1.165, 1.54) is 12.8 Å². The smallest absolute Gasteiger partial charge is 0.232 e. The third kappa shape index (κ3) is 3.42. The van der Waals surface area contributed by atoms with Crippen molar-refractivity contribution >= 4 is 23.1 Å². The van der Waals surface area contributed by atoms with Gasteiger partial charge in [0.2, 0.25) is 5.91 Å². The van der Waals surface area contributed by atoms with Gasteiger partial charge >= 0.3 is 0 Å². The number of nitrogens with zero attached hydrogens (tertiary/aromatic N) is 1. The van der Waals surface area contributed by atoms with E-state index in [1.807, 2.05) is 0 Å². The summed E-state index contributed by atoms with van der Waals surface area (Å²) in [5.41, 5.74) is 4.78. The van der Waals surface area contributed by atoms with E-state index in [2.05, 4.69) is 10.2 Å². The predicted octanol–water partition coefficient (Wildman–Crippen LogP) is 0.511. The van der Waals surface area contributed by atoms with Crippen LogP contribution in [0.4, 0.5) is 0 Å². The molecule has 0 aromatic heterocycles. The number of nitrogens with two attached hydrogens (primary N) is 1. The van der Waals surface area contributed by atoms with Crippen molar-refractivity contribution < 1.29 is 4.79 Å². The first-order chi connectivity index (χ1) is 7.44. The molecule has 1 aliphatic heterocycles. The van der Waals surface area contributed by atoms with Gasteiger partial charge in [0.05, 0.1) is 10.4 Å². The molecule has 1 aliphatic rings. The minimum absolute atomic E-state index is 0.0841. The summed E-state index contributed by atoms with van der Waals surface area (Å²) in [6.07, 6.45) is 2.54. The third-order valence-corrected chi connectivity index (χ3v) is 3.61. The molecule has 16 heavy (non-hydrogen) atoms. The van der Waals surface area contributed by atoms with Gasteiger partial charge in [0.25, 0.3) is 0 Å². The van der Waals surface area contributed by atoms with E-state index in [0.29, 0.717) is 6.54 Å². The van der Waals surface area contributed by atoms with Crippen molar-refractivity contribution in [2.45, 2.75) is 26.7 Å². The number of nitrogens with one attached hydrogen (secondary N) is 1. The Hall–Kier alpha value is -0.680. The molecule has 0 aliphatic carbocycles. The second-order valence-electron chi connectivity index (χ2n) is 4.79. The van der Waals surface area contributed by atoms with Crippen LogP contribution in [0.1, 0.15) is 26.7 Å². The Kier molecular flexibility index (Phi) is 4.68. The van der Waals surface area contributed by atoms with Crippen LogP contribution < -0.4 is 11.1 Å². The number of likely N-dealkylation sites (tertiary alicyclic amines) is 1. The number of hydrogen-bond acceptors (Lipinski definition) is 3. The molecule has 3 N–H and O–H groups in total. The molecular weight excluding hydrogens is 222 g/mol. The van der Waals surface area contributed by atoms with Gasteiger partial charge in [-0.15, -0.1) is 0 Å². The SMILES string of the molecule is CC(C)(C(=O)NCCN1CCCC1)C(N)=S. The molecule has 1 fully saturated rings. The summed E-state index contributed by atoms with van der Waals surface area (Å²) >= 11 is 4.87. The van der Waals surface area contributed by atoms with E-state index in [0.717, 1.165) is 19.6 Å². The minimum Gasteiger partial charge on any atom is -0.392 e. The molecule has 1 saturated heterocycles. The number of hydrogen-bond donors (Lipinski definition) is 2. The van der Waals surface area contributed by atoms with Gasteiger partial charge in [0.15, 0.2) is 0 Å². The van der Waals surface area contributed by atoms with Crippen LogP contribution in [0.15, 0.2) is 0 Å². The van der Waals surface area contributed by atoms with Crippen LogP contribution in [0.25, 0.3) is 0 Å². The highest BCUT2D eigenvalue weighted by molar-refractivity contribution is 7.80. The maximum Gasteiger partial charge on any atom is 0.232 e. The van der Waals surface area contributed by atoms with Crippen LogP contribution in [-0.2, 0) is 4.79 Å². The van der Waals surface area contributed by atoms with Gasteiger partial charge in [-0.05, 0) is 39.8 Å². The summed E-state index contributed by atoms with van der Waals surface area (Å²) in [7, 11) is 0. The monoisotopic (exact) mass is 243 g/mol. The fourth-order valence-corrected chi connectivity index (χ4v) is 1.76. The van der Waals surface area contributed by atoms with Gasteiger partial charge in [0, 0.05) is 13.1 Å². The zero-order chi connectivity index (χ0) is 12.2. The van der Waals surface area contributed by atoms with Crippen LogP contribution in [0.2, 0.25) is 0 Å². The number of carbonyl (C=O) groups is 1. The van der Waals surface area contributed by atoms with E-state index in [-0.39, 0.29) is 10.9 Å². The van der Waals surface area contributed by atoms with E-state index >= 15 is 0 Å². The largest absolute Gasteiger partial charge is 0.392 e. The van der Waals surface area contributed by atoms with E-state index in [1.54, 1.807) is 13.8 Å². The predicted molar refractivity (Wildman–Crippen MR) is 69.3 cm³/mol. The lowest BCUT2D eigenvalue weighted by molar-refractivity contribution is -0.126. The first-order valence-electron chi connectivity index (χ1n) is 5.75. The molecule has 0 aromatic carbocycles.